The van der Waals surface area contributed by atoms with E-state index < -0.39 is 0 Å². The van der Waals surface area contributed by atoms with Gasteiger partial charge in [-0.2, -0.15) is 0 Å². The van der Waals surface area contributed by atoms with Crippen molar-refractivity contribution >= 4 is 11.8 Å². The second kappa shape index (κ2) is 9.00. The molecule has 6 heteroatoms. The van der Waals surface area contributed by atoms with Gasteiger partial charge in [-0.1, -0.05) is 0 Å². The molecule has 0 radical (unpaired) electrons. The second-order valence-electron chi connectivity index (χ2n) is 6.34. The zero-order chi connectivity index (χ0) is 15.8. The first-order valence-electron chi connectivity index (χ1n) is 7.76. The Kier molecular flexibility index (Phi) is 7.67. The van der Waals surface area contributed by atoms with E-state index >= 15 is 0 Å². The maximum atomic E-state index is 11.9. The number of nitrogens with one attached hydrogen (secondary N) is 2. The zero-order valence-electron chi connectivity index (χ0n) is 13.8. The fraction of sp³-hybridized carbons (Fsp3) is 0.867. The molecule has 0 aromatic rings. The topological polar surface area (TPSA) is 64.7 Å². The molecular formula is C15H30N4O2. The first-order valence-corrected chi connectivity index (χ1v) is 7.76. The van der Waals surface area contributed by atoms with Gasteiger partial charge in [-0.25, -0.2) is 0 Å². The van der Waals surface area contributed by atoms with E-state index in [0.29, 0.717) is 19.5 Å². The standard InChI is InChI=1S/C15H30N4O2/c1-18(2)9-5-7-16-14(20)12-11-13(12)15(21)17-8-6-10-19(3)4/h12-13H,5-11H2,1-4H3,(H,16,20)(H,17,21). The molecule has 0 heterocycles. The molecule has 2 unspecified atom stereocenters. The summed E-state index contributed by atoms with van der Waals surface area (Å²) in [6.45, 7) is 3.29. The Balaban J connectivity index is 2.09. The molecule has 1 aliphatic carbocycles. The number of carbonyl (C=O) groups is 2. The Morgan fingerprint density at radius 1 is 0.857 bits per heavy atom. The summed E-state index contributed by atoms with van der Waals surface area (Å²) in [5.74, 6) is -0.166. The number of hydrogen-bond donors (Lipinski definition) is 2. The monoisotopic (exact) mass is 298 g/mol. The molecule has 0 aliphatic heterocycles. The Morgan fingerprint density at radius 3 is 1.57 bits per heavy atom. The maximum Gasteiger partial charge on any atom is 0.223 e. The van der Waals surface area contributed by atoms with Crippen LogP contribution in [-0.2, 0) is 9.59 Å². The average molecular weight is 298 g/mol. The van der Waals surface area contributed by atoms with Crippen molar-refractivity contribution in [2.24, 2.45) is 11.8 Å². The molecule has 1 saturated carbocycles. The van der Waals surface area contributed by atoms with E-state index in [4.69, 9.17) is 0 Å². The van der Waals surface area contributed by atoms with Gasteiger partial charge in [0.15, 0.2) is 0 Å². The lowest BCUT2D eigenvalue weighted by Crippen LogP contribution is -2.32. The maximum absolute atomic E-state index is 11.9. The molecule has 2 N–H and O–H groups in total. The Morgan fingerprint density at radius 2 is 1.24 bits per heavy atom. The molecule has 0 spiro atoms. The van der Waals surface area contributed by atoms with Gasteiger partial charge in [0.2, 0.25) is 11.8 Å². The van der Waals surface area contributed by atoms with E-state index in [0.717, 1.165) is 25.9 Å². The lowest BCUT2D eigenvalue weighted by atomic mass is 10.2. The van der Waals surface area contributed by atoms with E-state index in [1.807, 2.05) is 28.2 Å². The van der Waals surface area contributed by atoms with Gasteiger partial charge in [-0.3, -0.25) is 9.59 Å². The second-order valence-corrected chi connectivity index (χ2v) is 6.34. The number of amides is 2. The van der Waals surface area contributed by atoms with Gasteiger partial charge >= 0.3 is 0 Å². The summed E-state index contributed by atoms with van der Waals surface area (Å²) in [7, 11) is 8.05. The van der Waals surface area contributed by atoms with E-state index in [2.05, 4.69) is 20.4 Å². The normalized spacial score (nSPS) is 20.7. The Hall–Kier alpha value is -1.14. The zero-order valence-corrected chi connectivity index (χ0v) is 13.8. The molecule has 2 amide bonds. The minimum Gasteiger partial charge on any atom is -0.356 e. The van der Waals surface area contributed by atoms with Gasteiger partial charge in [0.25, 0.3) is 0 Å². The van der Waals surface area contributed by atoms with Crippen molar-refractivity contribution in [1.29, 1.82) is 0 Å². The smallest absolute Gasteiger partial charge is 0.223 e. The summed E-state index contributed by atoms with van der Waals surface area (Å²) in [4.78, 5) is 27.9. The lowest BCUT2D eigenvalue weighted by Gasteiger charge is -2.10. The van der Waals surface area contributed by atoms with Gasteiger partial charge in [-0.05, 0) is 60.5 Å². The minimum absolute atomic E-state index is 0.0298. The van der Waals surface area contributed by atoms with Crippen LogP contribution in [0.5, 0.6) is 0 Å². The molecule has 2 atom stereocenters. The van der Waals surface area contributed by atoms with Crippen LogP contribution in [0.4, 0.5) is 0 Å². The molecule has 1 rings (SSSR count). The molecule has 21 heavy (non-hydrogen) atoms. The van der Waals surface area contributed by atoms with Gasteiger partial charge in [0, 0.05) is 13.1 Å². The van der Waals surface area contributed by atoms with Crippen LogP contribution < -0.4 is 10.6 Å². The van der Waals surface area contributed by atoms with Crippen LogP contribution in [0.25, 0.3) is 0 Å². The average Bonchev–Trinajstić information content (AvgIpc) is 3.19. The largest absolute Gasteiger partial charge is 0.356 e. The van der Waals surface area contributed by atoms with E-state index in [1.54, 1.807) is 0 Å². The molecule has 0 aromatic carbocycles. The highest BCUT2D eigenvalue weighted by atomic mass is 16.2. The molecule has 1 aliphatic rings. The number of nitrogens with zero attached hydrogens (tertiary/aromatic N) is 2. The van der Waals surface area contributed by atoms with Crippen molar-refractivity contribution in [3.05, 3.63) is 0 Å². The van der Waals surface area contributed by atoms with Gasteiger partial charge in [0.05, 0.1) is 11.8 Å². The molecule has 0 saturated heterocycles. The van der Waals surface area contributed by atoms with Crippen LogP contribution >= 0.6 is 0 Å². The van der Waals surface area contributed by atoms with Crippen molar-refractivity contribution < 1.29 is 9.59 Å². The molecule has 1 fully saturated rings. The summed E-state index contributed by atoms with van der Waals surface area (Å²) in [6, 6.07) is 0. The predicted octanol–water partition coefficient (Wildman–Crippen LogP) is -0.242. The van der Waals surface area contributed by atoms with Crippen molar-refractivity contribution in [2.45, 2.75) is 19.3 Å². The summed E-state index contributed by atoms with van der Waals surface area (Å²) >= 11 is 0. The highest BCUT2D eigenvalue weighted by molar-refractivity contribution is 5.92. The van der Waals surface area contributed by atoms with Crippen molar-refractivity contribution in [1.82, 2.24) is 20.4 Å². The summed E-state index contributed by atoms with van der Waals surface area (Å²) < 4.78 is 0. The van der Waals surface area contributed by atoms with Crippen LogP contribution in [0.1, 0.15) is 19.3 Å². The molecule has 122 valence electrons. The minimum atomic E-state index is -0.113. The first kappa shape index (κ1) is 17.9. The third-order valence-electron chi connectivity index (χ3n) is 3.63. The van der Waals surface area contributed by atoms with Crippen LogP contribution in [0.15, 0.2) is 0 Å². The Bertz CT molecular complexity index is 313. The van der Waals surface area contributed by atoms with Crippen molar-refractivity contribution in [3.63, 3.8) is 0 Å². The van der Waals surface area contributed by atoms with Crippen LogP contribution in [-0.4, -0.2) is 76.0 Å². The van der Waals surface area contributed by atoms with Crippen molar-refractivity contribution in [2.75, 3.05) is 54.4 Å². The highest BCUT2D eigenvalue weighted by Crippen LogP contribution is 2.38. The van der Waals surface area contributed by atoms with Gasteiger partial charge < -0.3 is 20.4 Å². The van der Waals surface area contributed by atoms with Crippen LogP contribution in [0.3, 0.4) is 0 Å². The SMILES string of the molecule is CN(C)CCCNC(=O)C1CC1C(=O)NCCCN(C)C. The van der Waals surface area contributed by atoms with Gasteiger partial charge in [-0.15, -0.1) is 0 Å². The fourth-order valence-corrected chi connectivity index (χ4v) is 2.25. The summed E-state index contributed by atoms with van der Waals surface area (Å²) in [6.07, 6.45) is 2.57. The fourth-order valence-electron chi connectivity index (χ4n) is 2.25. The number of carbonyl (C=O) groups excluding carboxylic acids is 2. The van der Waals surface area contributed by atoms with E-state index in [-0.39, 0.29) is 23.7 Å². The number of rotatable bonds is 10. The Labute approximate surface area is 128 Å². The summed E-state index contributed by atoms with van der Waals surface area (Å²) in [5.41, 5.74) is 0. The first-order chi connectivity index (χ1) is 9.91. The third kappa shape index (κ3) is 7.43. The molecule has 0 aromatic heterocycles. The molecular weight excluding hydrogens is 268 g/mol. The number of hydrogen-bond acceptors (Lipinski definition) is 4. The highest BCUT2D eigenvalue weighted by Gasteiger charge is 2.47. The summed E-state index contributed by atoms with van der Waals surface area (Å²) in [5, 5.41) is 5.83. The molecule has 0 bridgehead atoms. The quantitative estimate of drug-likeness (QED) is 0.546. The lowest BCUT2D eigenvalue weighted by molar-refractivity contribution is -0.127. The van der Waals surface area contributed by atoms with Crippen LogP contribution in [0.2, 0.25) is 0 Å². The van der Waals surface area contributed by atoms with Crippen LogP contribution in [0, 0.1) is 11.8 Å². The van der Waals surface area contributed by atoms with Gasteiger partial charge in [0.1, 0.15) is 0 Å². The predicted molar refractivity (Wildman–Crippen MR) is 84.0 cm³/mol. The third-order valence-corrected chi connectivity index (χ3v) is 3.63. The van der Waals surface area contributed by atoms with Crippen molar-refractivity contribution in [3.8, 4) is 0 Å². The van der Waals surface area contributed by atoms with E-state index in [1.165, 1.54) is 0 Å². The molecule has 6 nitrogen and oxygen atoms in total. The van der Waals surface area contributed by atoms with E-state index in [9.17, 15) is 9.59 Å².